The van der Waals surface area contributed by atoms with E-state index in [-0.39, 0.29) is 16.2 Å². The Hall–Kier alpha value is -2.12. The molecule has 0 atom stereocenters. The number of hydrogen-bond donors (Lipinski definition) is 2. The summed E-state index contributed by atoms with van der Waals surface area (Å²) in [4.78, 5) is 26.1. The van der Waals surface area contributed by atoms with E-state index in [0.717, 1.165) is 57.3 Å². The van der Waals surface area contributed by atoms with Crippen LogP contribution in [-0.2, 0) is 16.2 Å². The molecule has 4 aromatic rings. The summed E-state index contributed by atoms with van der Waals surface area (Å²) >= 11 is 7.95. The third-order valence-corrected chi connectivity index (χ3v) is 7.33. The number of fused-ring (bicyclic) bond motifs is 2. The molecule has 4 aromatic heterocycles. The molecular weight excluding hydrogens is 452 g/mol. The molecule has 0 bridgehead atoms. The number of nitrogens with zero attached hydrogens (tertiary/aromatic N) is 4. The van der Waals surface area contributed by atoms with Gasteiger partial charge in [-0.05, 0) is 25.2 Å². The second-order valence-electron chi connectivity index (χ2n) is 11.1. The molecule has 0 radical (unpaired) electrons. The molecule has 176 valence electrons. The van der Waals surface area contributed by atoms with Crippen LogP contribution in [0.5, 0.6) is 0 Å². The molecule has 0 saturated heterocycles. The average molecular weight is 485 g/mol. The fourth-order valence-corrected chi connectivity index (χ4v) is 4.94. The zero-order valence-corrected chi connectivity index (χ0v) is 22.3. The Balaban J connectivity index is 1.67. The van der Waals surface area contributed by atoms with Crippen LogP contribution in [0.25, 0.3) is 22.1 Å². The monoisotopic (exact) mass is 484 g/mol. The minimum atomic E-state index is -0.218. The first kappa shape index (κ1) is 24.0. The summed E-state index contributed by atoms with van der Waals surface area (Å²) in [5, 5.41) is 3.56. The first-order valence-electron chi connectivity index (χ1n) is 11.3. The Morgan fingerprint density at radius 3 is 2.18 bits per heavy atom. The Morgan fingerprint density at radius 2 is 1.52 bits per heavy atom. The third kappa shape index (κ3) is 4.50. The van der Waals surface area contributed by atoms with Crippen molar-refractivity contribution in [2.45, 2.75) is 82.6 Å². The summed E-state index contributed by atoms with van der Waals surface area (Å²) in [6, 6.07) is 2.08. The molecule has 0 unspecified atom stereocenters. The minimum absolute atomic E-state index is 0.127. The first-order valence-corrected chi connectivity index (χ1v) is 12.9. The Kier molecular flexibility index (Phi) is 6.02. The predicted octanol–water partition coefficient (Wildman–Crippen LogP) is 6.94. The largest absolute Gasteiger partial charge is 0.346 e. The van der Waals surface area contributed by atoms with E-state index in [9.17, 15) is 0 Å². The van der Waals surface area contributed by atoms with Crippen LogP contribution >= 0.6 is 23.4 Å². The van der Waals surface area contributed by atoms with Gasteiger partial charge < -0.3 is 9.97 Å². The van der Waals surface area contributed by atoms with Crippen LogP contribution in [0.15, 0.2) is 23.5 Å². The molecule has 4 heterocycles. The van der Waals surface area contributed by atoms with E-state index in [1.807, 2.05) is 12.5 Å². The van der Waals surface area contributed by atoms with Gasteiger partial charge in [0.05, 0.1) is 16.1 Å². The van der Waals surface area contributed by atoms with E-state index < -0.39 is 0 Å². The first-order chi connectivity index (χ1) is 15.3. The Labute approximate surface area is 204 Å². The van der Waals surface area contributed by atoms with Gasteiger partial charge in [-0.15, -0.1) is 11.8 Å². The second-order valence-corrected chi connectivity index (χ2v) is 12.3. The Bertz CT molecular complexity index is 1310. The highest BCUT2D eigenvalue weighted by Gasteiger charge is 2.33. The van der Waals surface area contributed by atoms with Crippen molar-refractivity contribution < 1.29 is 0 Å². The zero-order chi connectivity index (χ0) is 24.2. The van der Waals surface area contributed by atoms with E-state index in [0.29, 0.717) is 5.02 Å². The van der Waals surface area contributed by atoms with Gasteiger partial charge >= 0.3 is 0 Å². The smallest absolute Gasteiger partial charge is 0.143 e. The second kappa shape index (κ2) is 8.27. The lowest BCUT2D eigenvalue weighted by atomic mass is 9.76. The van der Waals surface area contributed by atoms with E-state index in [1.54, 1.807) is 18.0 Å². The highest BCUT2D eigenvalue weighted by atomic mass is 35.5. The summed E-state index contributed by atoms with van der Waals surface area (Å²) < 4.78 is 0. The molecule has 0 aliphatic rings. The maximum atomic E-state index is 6.36. The molecule has 33 heavy (non-hydrogen) atoms. The van der Waals surface area contributed by atoms with Crippen molar-refractivity contribution in [3.8, 4) is 0 Å². The van der Waals surface area contributed by atoms with Crippen molar-refractivity contribution in [3.63, 3.8) is 0 Å². The molecule has 0 aliphatic carbocycles. The SMILES string of the molecule is CSc1nc(C(C)(C)CCC(C)(C)c2nc(C(C)(C)C)nc3[nH]ccc23)nc2[nH]cc(Cl)c12. The summed E-state index contributed by atoms with van der Waals surface area (Å²) in [7, 11) is 0. The van der Waals surface area contributed by atoms with E-state index in [2.05, 4.69) is 64.5 Å². The van der Waals surface area contributed by atoms with Gasteiger partial charge in [0.15, 0.2) is 0 Å². The summed E-state index contributed by atoms with van der Waals surface area (Å²) in [5.41, 5.74) is 2.29. The molecule has 0 spiro atoms. The molecule has 0 aromatic carbocycles. The van der Waals surface area contributed by atoms with Crippen LogP contribution in [-0.4, -0.2) is 36.2 Å². The van der Waals surface area contributed by atoms with Gasteiger partial charge in [-0.2, -0.15) is 0 Å². The highest BCUT2D eigenvalue weighted by molar-refractivity contribution is 7.98. The van der Waals surface area contributed by atoms with Crippen LogP contribution in [0.2, 0.25) is 5.02 Å². The fourth-order valence-electron chi connectivity index (χ4n) is 4.06. The number of nitrogens with one attached hydrogen (secondary N) is 2. The minimum Gasteiger partial charge on any atom is -0.346 e. The maximum absolute atomic E-state index is 6.36. The van der Waals surface area contributed by atoms with Crippen LogP contribution < -0.4 is 0 Å². The number of rotatable bonds is 6. The molecule has 0 aliphatic heterocycles. The topological polar surface area (TPSA) is 83.1 Å². The van der Waals surface area contributed by atoms with Gasteiger partial charge in [-0.1, -0.05) is 60.1 Å². The average Bonchev–Trinajstić information content (AvgIpc) is 3.37. The van der Waals surface area contributed by atoms with E-state index in [4.69, 9.17) is 31.5 Å². The van der Waals surface area contributed by atoms with Crippen LogP contribution in [0, 0.1) is 0 Å². The van der Waals surface area contributed by atoms with Gasteiger partial charge in [0.2, 0.25) is 0 Å². The number of H-pyrrole nitrogens is 2. The lowest BCUT2D eigenvalue weighted by Crippen LogP contribution is -2.28. The number of thioether (sulfide) groups is 1. The van der Waals surface area contributed by atoms with E-state index >= 15 is 0 Å². The molecule has 8 heteroatoms. The predicted molar refractivity (Wildman–Crippen MR) is 139 cm³/mol. The van der Waals surface area contributed by atoms with Crippen molar-refractivity contribution in [1.29, 1.82) is 0 Å². The van der Waals surface area contributed by atoms with E-state index in [1.165, 1.54) is 0 Å². The Morgan fingerprint density at radius 1 is 0.848 bits per heavy atom. The van der Waals surface area contributed by atoms with Crippen molar-refractivity contribution in [2.75, 3.05) is 6.26 Å². The lowest BCUT2D eigenvalue weighted by molar-refractivity contribution is 0.356. The molecule has 0 amide bonds. The molecule has 4 rings (SSSR count). The molecule has 0 fully saturated rings. The highest BCUT2D eigenvalue weighted by Crippen LogP contribution is 2.39. The number of halogens is 1. The molecular formula is C25H33ClN6S. The van der Waals surface area contributed by atoms with Gasteiger partial charge in [-0.3, -0.25) is 0 Å². The fraction of sp³-hybridized carbons (Fsp3) is 0.520. The van der Waals surface area contributed by atoms with Gasteiger partial charge in [-0.25, -0.2) is 19.9 Å². The third-order valence-electron chi connectivity index (χ3n) is 6.35. The van der Waals surface area contributed by atoms with Crippen molar-refractivity contribution in [3.05, 3.63) is 40.8 Å². The van der Waals surface area contributed by atoms with Crippen LogP contribution in [0.4, 0.5) is 0 Å². The lowest BCUT2D eigenvalue weighted by Gasteiger charge is -2.31. The quantitative estimate of drug-likeness (QED) is 0.229. The summed E-state index contributed by atoms with van der Waals surface area (Å²) in [6.45, 7) is 15.4. The summed E-state index contributed by atoms with van der Waals surface area (Å²) in [5.74, 6) is 1.69. The van der Waals surface area contributed by atoms with Gasteiger partial charge in [0, 0.05) is 34.0 Å². The summed E-state index contributed by atoms with van der Waals surface area (Å²) in [6.07, 6.45) is 7.60. The van der Waals surface area contributed by atoms with Gasteiger partial charge in [0.25, 0.3) is 0 Å². The maximum Gasteiger partial charge on any atom is 0.143 e. The standard InChI is InChI=1S/C25H33ClN6S/c1-23(2,3)21-29-17(14-9-12-27-18(14)30-21)24(4,5)10-11-25(6,7)22-31-19-16(15(26)13-28-19)20(32-22)33-8/h9,12-13H,10-11H2,1-8H3,(H,27,29,30)(H,28,31,32). The molecule has 2 N–H and O–H groups in total. The van der Waals surface area contributed by atoms with Crippen LogP contribution in [0.1, 0.15) is 78.7 Å². The van der Waals surface area contributed by atoms with Crippen molar-refractivity contribution in [1.82, 2.24) is 29.9 Å². The van der Waals surface area contributed by atoms with Crippen molar-refractivity contribution >= 4 is 45.4 Å². The molecule has 6 nitrogen and oxygen atoms in total. The number of aromatic amines is 2. The molecule has 0 saturated carbocycles. The van der Waals surface area contributed by atoms with Crippen molar-refractivity contribution in [2.24, 2.45) is 0 Å². The normalized spacial score (nSPS) is 13.4. The van der Waals surface area contributed by atoms with Gasteiger partial charge in [0.1, 0.15) is 28.0 Å². The zero-order valence-electron chi connectivity index (χ0n) is 20.7. The van der Waals surface area contributed by atoms with Crippen LogP contribution in [0.3, 0.4) is 0 Å². The number of aromatic nitrogens is 6. The number of hydrogen-bond acceptors (Lipinski definition) is 5.